The Kier molecular flexibility index (Phi) is 3.35. The molecule has 6 N–H and O–H groups in total. The third kappa shape index (κ3) is 2.84. The van der Waals surface area contributed by atoms with Crippen molar-refractivity contribution in [2.45, 2.75) is 0 Å². The number of benzene rings is 1. The van der Waals surface area contributed by atoms with E-state index in [2.05, 4.69) is 4.72 Å². The highest BCUT2D eigenvalue weighted by molar-refractivity contribution is 7.90. The number of hydrogen-bond acceptors (Lipinski definition) is 4. The number of amidine groups is 1. The molecule has 7 nitrogen and oxygen atoms in total. The van der Waals surface area contributed by atoms with Gasteiger partial charge < -0.3 is 10.5 Å². The Hall–Kier alpha value is -1.80. The van der Waals surface area contributed by atoms with Gasteiger partial charge in [-0.25, -0.2) is 5.14 Å². The van der Waals surface area contributed by atoms with Gasteiger partial charge in [0.2, 0.25) is 0 Å². The Morgan fingerprint density at radius 2 is 2.12 bits per heavy atom. The molecule has 0 unspecified atom stereocenters. The molecular formula is C8H12N4O3S. The van der Waals surface area contributed by atoms with E-state index < -0.39 is 10.2 Å². The molecule has 0 aliphatic carbocycles. The van der Waals surface area contributed by atoms with Crippen LogP contribution >= 0.6 is 0 Å². The molecule has 0 amide bonds. The minimum atomic E-state index is -3.95. The first-order chi connectivity index (χ1) is 7.35. The van der Waals surface area contributed by atoms with Gasteiger partial charge in [0.1, 0.15) is 17.3 Å². The van der Waals surface area contributed by atoms with Crippen LogP contribution in [-0.2, 0) is 10.2 Å². The van der Waals surface area contributed by atoms with Gasteiger partial charge in [-0.15, -0.1) is 0 Å². The smallest absolute Gasteiger partial charge is 0.296 e. The van der Waals surface area contributed by atoms with Crippen LogP contribution in [0.2, 0.25) is 0 Å². The lowest BCUT2D eigenvalue weighted by Crippen LogP contribution is -2.24. The number of nitrogen functional groups attached to an aromatic ring is 1. The summed E-state index contributed by atoms with van der Waals surface area (Å²) in [6.07, 6.45) is 0. The number of ether oxygens (including phenoxy) is 1. The van der Waals surface area contributed by atoms with Gasteiger partial charge in [-0.05, 0) is 12.1 Å². The molecule has 0 radical (unpaired) electrons. The van der Waals surface area contributed by atoms with Gasteiger partial charge in [0, 0.05) is 5.56 Å². The summed E-state index contributed by atoms with van der Waals surface area (Å²) in [5.74, 6) is -0.0493. The summed E-state index contributed by atoms with van der Waals surface area (Å²) in [5, 5.41) is 12.2. The van der Waals surface area contributed by atoms with E-state index in [0.717, 1.165) is 0 Å². The Balaban J connectivity index is 3.36. The summed E-state index contributed by atoms with van der Waals surface area (Å²) in [6, 6.07) is 4.60. The molecule has 0 fully saturated rings. The highest BCUT2D eigenvalue weighted by atomic mass is 32.2. The second kappa shape index (κ2) is 4.37. The van der Waals surface area contributed by atoms with E-state index in [1.165, 1.54) is 19.2 Å². The van der Waals surface area contributed by atoms with E-state index >= 15 is 0 Å². The third-order valence-electron chi connectivity index (χ3n) is 1.78. The van der Waals surface area contributed by atoms with Gasteiger partial charge >= 0.3 is 0 Å². The average Bonchev–Trinajstić information content (AvgIpc) is 2.15. The van der Waals surface area contributed by atoms with Crippen LogP contribution in [0.4, 0.5) is 5.69 Å². The monoisotopic (exact) mass is 244 g/mol. The first-order valence-corrected chi connectivity index (χ1v) is 5.71. The van der Waals surface area contributed by atoms with Gasteiger partial charge in [-0.3, -0.25) is 10.1 Å². The van der Waals surface area contributed by atoms with Crippen molar-refractivity contribution < 1.29 is 13.2 Å². The predicted octanol–water partition coefficient (Wildman–Crippen LogP) is -0.405. The number of anilines is 1. The van der Waals surface area contributed by atoms with Gasteiger partial charge in [0.25, 0.3) is 10.2 Å². The van der Waals surface area contributed by atoms with Crippen LogP contribution < -0.4 is 20.3 Å². The normalized spacial score (nSPS) is 10.9. The zero-order valence-corrected chi connectivity index (χ0v) is 9.34. The van der Waals surface area contributed by atoms with Crippen molar-refractivity contribution in [2.75, 3.05) is 11.8 Å². The maximum absolute atomic E-state index is 10.9. The van der Waals surface area contributed by atoms with Crippen LogP contribution in [-0.4, -0.2) is 21.4 Å². The van der Waals surface area contributed by atoms with Crippen LogP contribution in [0.15, 0.2) is 18.2 Å². The minimum absolute atomic E-state index is 0.0556. The fourth-order valence-electron chi connectivity index (χ4n) is 1.17. The van der Waals surface area contributed by atoms with E-state index in [9.17, 15) is 8.42 Å². The molecule has 1 aromatic carbocycles. The number of methoxy groups -OCH3 is 1. The lowest BCUT2D eigenvalue weighted by molar-refractivity contribution is 0.417. The van der Waals surface area contributed by atoms with Crippen LogP contribution in [0.25, 0.3) is 0 Å². The van der Waals surface area contributed by atoms with Crippen molar-refractivity contribution in [1.82, 2.24) is 0 Å². The molecule has 0 aliphatic heterocycles. The topological polar surface area (TPSA) is 131 Å². The Morgan fingerprint density at radius 3 is 2.56 bits per heavy atom. The first-order valence-electron chi connectivity index (χ1n) is 4.17. The van der Waals surface area contributed by atoms with Crippen molar-refractivity contribution in [3.8, 4) is 5.75 Å². The quantitative estimate of drug-likeness (QED) is 0.423. The van der Waals surface area contributed by atoms with Gasteiger partial charge in [-0.1, -0.05) is 6.07 Å². The minimum Gasteiger partial charge on any atom is -0.495 e. The Bertz CT molecular complexity index is 512. The second-order valence-electron chi connectivity index (χ2n) is 2.94. The average molecular weight is 244 g/mol. The van der Waals surface area contributed by atoms with Crippen molar-refractivity contribution >= 4 is 21.7 Å². The highest BCUT2D eigenvalue weighted by Gasteiger charge is 2.14. The van der Waals surface area contributed by atoms with Crippen LogP contribution in [0.1, 0.15) is 5.56 Å². The van der Waals surface area contributed by atoms with E-state index in [1.54, 1.807) is 6.07 Å². The molecular weight excluding hydrogens is 232 g/mol. The van der Waals surface area contributed by atoms with E-state index in [1.807, 2.05) is 0 Å². The fraction of sp³-hybridized carbons (Fsp3) is 0.125. The third-order valence-corrected chi connectivity index (χ3v) is 2.27. The zero-order valence-electron chi connectivity index (χ0n) is 8.52. The number of para-hydroxylation sites is 1. The molecule has 1 rings (SSSR count). The molecule has 8 heteroatoms. The molecule has 0 aliphatic rings. The summed E-state index contributed by atoms with van der Waals surface area (Å²) in [4.78, 5) is 0. The Labute approximate surface area is 93.1 Å². The summed E-state index contributed by atoms with van der Waals surface area (Å²) in [5.41, 5.74) is 5.57. The molecule has 16 heavy (non-hydrogen) atoms. The molecule has 0 spiro atoms. The van der Waals surface area contributed by atoms with Crippen molar-refractivity contribution in [3.63, 3.8) is 0 Å². The SMILES string of the molecule is COc1cccc(C(=N)N)c1NS(N)(=O)=O. The van der Waals surface area contributed by atoms with Gasteiger partial charge in [-0.2, -0.15) is 8.42 Å². The maximum Gasteiger partial charge on any atom is 0.296 e. The van der Waals surface area contributed by atoms with Crippen molar-refractivity contribution in [3.05, 3.63) is 23.8 Å². The Morgan fingerprint density at radius 1 is 1.50 bits per heavy atom. The van der Waals surface area contributed by atoms with Crippen molar-refractivity contribution in [1.29, 1.82) is 5.41 Å². The molecule has 88 valence electrons. The standard InChI is InChI=1S/C8H12N4O3S/c1-15-6-4-2-3-5(8(9)10)7(6)12-16(11,13)14/h2-4,12H,1H3,(H3,9,10)(H2,11,13,14). The zero-order chi connectivity index (χ0) is 12.3. The number of nitrogens with two attached hydrogens (primary N) is 2. The van der Waals surface area contributed by atoms with Crippen LogP contribution in [0, 0.1) is 5.41 Å². The van der Waals surface area contributed by atoms with Crippen molar-refractivity contribution in [2.24, 2.45) is 10.9 Å². The predicted molar refractivity (Wildman–Crippen MR) is 60.7 cm³/mol. The molecule has 0 saturated carbocycles. The van der Waals surface area contributed by atoms with Crippen LogP contribution in [0.3, 0.4) is 0 Å². The lowest BCUT2D eigenvalue weighted by atomic mass is 10.1. The largest absolute Gasteiger partial charge is 0.495 e. The van der Waals surface area contributed by atoms with Gasteiger partial charge in [0.15, 0.2) is 0 Å². The fourth-order valence-corrected chi connectivity index (χ4v) is 1.67. The molecule has 0 bridgehead atoms. The summed E-state index contributed by atoms with van der Waals surface area (Å²) in [6.45, 7) is 0. The molecule has 0 aromatic heterocycles. The second-order valence-corrected chi connectivity index (χ2v) is 4.24. The van der Waals surface area contributed by atoms with Gasteiger partial charge in [0.05, 0.1) is 7.11 Å². The summed E-state index contributed by atoms with van der Waals surface area (Å²) < 4.78 is 28.9. The van der Waals surface area contributed by atoms with E-state index in [-0.39, 0.29) is 22.8 Å². The summed E-state index contributed by atoms with van der Waals surface area (Å²) >= 11 is 0. The number of hydrogen-bond donors (Lipinski definition) is 4. The maximum atomic E-state index is 10.9. The number of nitrogens with one attached hydrogen (secondary N) is 2. The molecule has 1 aromatic rings. The summed E-state index contributed by atoms with van der Waals surface area (Å²) in [7, 11) is -2.58. The van der Waals surface area contributed by atoms with Crippen LogP contribution in [0.5, 0.6) is 5.75 Å². The van der Waals surface area contributed by atoms with E-state index in [0.29, 0.717) is 0 Å². The van der Waals surface area contributed by atoms with E-state index in [4.69, 9.17) is 21.0 Å². The molecule has 0 atom stereocenters. The lowest BCUT2D eigenvalue weighted by Gasteiger charge is -2.13. The number of rotatable bonds is 4. The molecule has 0 saturated heterocycles. The first kappa shape index (κ1) is 12.3. The highest BCUT2D eigenvalue weighted by Crippen LogP contribution is 2.28. The molecule has 0 heterocycles.